The predicted molar refractivity (Wildman–Crippen MR) is 123 cm³/mol. The zero-order chi connectivity index (χ0) is 23.5. The fourth-order valence-electron chi connectivity index (χ4n) is 3.73. The van der Waals surface area contributed by atoms with E-state index in [1.54, 1.807) is 46.5 Å². The zero-order valence-corrected chi connectivity index (χ0v) is 19.0. The van der Waals surface area contributed by atoms with E-state index >= 15 is 0 Å². The molecule has 0 unspecified atom stereocenters. The molecule has 3 aromatic carbocycles. The van der Waals surface area contributed by atoms with Crippen LogP contribution in [0.15, 0.2) is 54.6 Å². The molecule has 0 radical (unpaired) electrons. The van der Waals surface area contributed by atoms with E-state index in [0.29, 0.717) is 28.4 Å². The van der Waals surface area contributed by atoms with Crippen LogP contribution in [-0.2, 0) is 18.0 Å². The lowest BCUT2D eigenvalue weighted by Gasteiger charge is -2.18. The molecule has 0 saturated carbocycles. The molecule has 1 heterocycles. The van der Waals surface area contributed by atoms with Crippen molar-refractivity contribution in [3.63, 3.8) is 0 Å². The monoisotopic (exact) mass is 447 g/mol. The minimum Gasteiger partial charge on any atom is -0.493 e. The summed E-state index contributed by atoms with van der Waals surface area (Å²) in [6.07, 6.45) is 0. The maximum Gasteiger partial charge on any atom is 0.338 e. The number of esters is 1. The lowest BCUT2D eigenvalue weighted by atomic mass is 9.99. The van der Waals surface area contributed by atoms with Crippen molar-refractivity contribution in [2.45, 2.75) is 13.2 Å². The molecule has 170 valence electrons. The van der Waals surface area contributed by atoms with Crippen LogP contribution in [0.2, 0.25) is 0 Å². The highest BCUT2D eigenvalue weighted by molar-refractivity contribution is 5.94. The van der Waals surface area contributed by atoms with Gasteiger partial charge in [0.2, 0.25) is 5.75 Å². The molecule has 0 N–H and O–H groups in total. The smallest absolute Gasteiger partial charge is 0.338 e. The van der Waals surface area contributed by atoms with Gasteiger partial charge >= 0.3 is 5.97 Å². The Labute approximate surface area is 192 Å². The van der Waals surface area contributed by atoms with Crippen LogP contribution in [0.5, 0.6) is 17.2 Å². The number of hydrogen-bond acceptors (Lipinski definition) is 6. The highest BCUT2D eigenvalue weighted by atomic mass is 16.5. The van der Waals surface area contributed by atoms with Crippen molar-refractivity contribution in [2.24, 2.45) is 0 Å². The summed E-state index contributed by atoms with van der Waals surface area (Å²) < 4.78 is 22.4. The van der Waals surface area contributed by atoms with Crippen molar-refractivity contribution < 1.29 is 28.5 Å². The average molecular weight is 447 g/mol. The molecule has 7 heteroatoms. The lowest BCUT2D eigenvalue weighted by Crippen LogP contribution is -2.21. The number of rotatable bonds is 7. The minimum atomic E-state index is -0.309. The van der Waals surface area contributed by atoms with Gasteiger partial charge in [0, 0.05) is 30.8 Å². The van der Waals surface area contributed by atoms with Gasteiger partial charge in [-0.1, -0.05) is 18.2 Å². The third-order valence-electron chi connectivity index (χ3n) is 5.49. The van der Waals surface area contributed by atoms with Gasteiger partial charge in [0.1, 0.15) is 13.2 Å². The number of carbonyl (C=O) groups is 2. The third-order valence-corrected chi connectivity index (χ3v) is 5.49. The molecule has 1 aliphatic heterocycles. The van der Waals surface area contributed by atoms with Crippen molar-refractivity contribution >= 4 is 11.9 Å². The topological polar surface area (TPSA) is 74.3 Å². The second kappa shape index (κ2) is 9.24. The Kier molecular flexibility index (Phi) is 6.22. The summed E-state index contributed by atoms with van der Waals surface area (Å²) in [4.78, 5) is 25.5. The number of methoxy groups -OCH3 is 2. The van der Waals surface area contributed by atoms with Crippen LogP contribution in [0, 0.1) is 0 Å². The average Bonchev–Trinajstić information content (AvgIpc) is 3.21. The SMILES string of the molecule is COc1ccc(-c2ccc3c(c2)COC3=O)c(OCc2ccc(C(=O)N(C)C)cc2)c1OC. The maximum absolute atomic E-state index is 12.1. The second-order valence-corrected chi connectivity index (χ2v) is 7.81. The van der Waals surface area contributed by atoms with Gasteiger partial charge in [-0.15, -0.1) is 0 Å². The number of cyclic esters (lactones) is 1. The van der Waals surface area contributed by atoms with Crippen molar-refractivity contribution in [3.05, 3.63) is 76.9 Å². The molecule has 0 saturated heterocycles. The van der Waals surface area contributed by atoms with Crippen molar-refractivity contribution in [1.29, 1.82) is 0 Å². The third kappa shape index (κ3) is 4.35. The molecular weight excluding hydrogens is 422 g/mol. The molecule has 3 aromatic rings. The van der Waals surface area contributed by atoms with Crippen LogP contribution in [0.3, 0.4) is 0 Å². The minimum absolute atomic E-state index is 0.0571. The number of benzene rings is 3. The Morgan fingerprint density at radius 1 is 0.939 bits per heavy atom. The van der Waals surface area contributed by atoms with E-state index in [1.165, 1.54) is 4.90 Å². The molecular formula is C26H25NO6. The molecule has 1 aliphatic rings. The highest BCUT2D eigenvalue weighted by Crippen LogP contribution is 2.45. The number of amides is 1. The first-order valence-electron chi connectivity index (χ1n) is 10.4. The standard InChI is InChI=1S/C26H25NO6/c1-27(2)25(28)17-7-5-16(6-8-17)14-32-23-20(11-12-22(30-3)24(23)31-4)18-9-10-21-19(13-18)15-33-26(21)29/h5-13H,14-15H2,1-4H3. The van der Waals surface area contributed by atoms with Gasteiger partial charge in [0.15, 0.2) is 11.5 Å². The van der Waals surface area contributed by atoms with Crippen LogP contribution in [0.1, 0.15) is 31.8 Å². The molecule has 0 bridgehead atoms. The largest absolute Gasteiger partial charge is 0.493 e. The summed E-state index contributed by atoms with van der Waals surface area (Å²) in [5, 5.41) is 0. The number of carbonyl (C=O) groups excluding carboxylic acids is 2. The molecule has 0 fully saturated rings. The highest BCUT2D eigenvalue weighted by Gasteiger charge is 2.23. The zero-order valence-electron chi connectivity index (χ0n) is 19.0. The second-order valence-electron chi connectivity index (χ2n) is 7.81. The fraction of sp³-hybridized carbons (Fsp3) is 0.231. The Balaban J connectivity index is 1.67. The van der Waals surface area contributed by atoms with E-state index < -0.39 is 0 Å². The Morgan fingerprint density at radius 2 is 1.67 bits per heavy atom. The van der Waals surface area contributed by atoms with Gasteiger partial charge in [-0.25, -0.2) is 4.79 Å². The summed E-state index contributed by atoms with van der Waals surface area (Å²) in [6, 6.07) is 16.6. The molecule has 0 aliphatic carbocycles. The normalized spacial score (nSPS) is 12.1. The Bertz CT molecular complexity index is 1200. The quantitative estimate of drug-likeness (QED) is 0.502. The van der Waals surface area contributed by atoms with E-state index in [2.05, 4.69) is 0 Å². The molecule has 7 nitrogen and oxygen atoms in total. The Morgan fingerprint density at radius 3 is 2.33 bits per heavy atom. The number of fused-ring (bicyclic) bond motifs is 1. The molecule has 4 rings (SSSR count). The summed E-state index contributed by atoms with van der Waals surface area (Å²) in [5.74, 6) is 1.18. The van der Waals surface area contributed by atoms with Crippen molar-refractivity contribution in [3.8, 4) is 28.4 Å². The summed E-state index contributed by atoms with van der Waals surface area (Å²) in [6.45, 7) is 0.517. The molecule has 0 aromatic heterocycles. The van der Waals surface area contributed by atoms with Gasteiger partial charge < -0.3 is 23.8 Å². The first-order valence-corrected chi connectivity index (χ1v) is 10.4. The van der Waals surface area contributed by atoms with Gasteiger partial charge in [-0.3, -0.25) is 4.79 Å². The van der Waals surface area contributed by atoms with Crippen LogP contribution >= 0.6 is 0 Å². The molecule has 33 heavy (non-hydrogen) atoms. The van der Waals surface area contributed by atoms with E-state index in [0.717, 1.165) is 22.3 Å². The summed E-state index contributed by atoms with van der Waals surface area (Å²) >= 11 is 0. The molecule has 0 spiro atoms. The lowest BCUT2D eigenvalue weighted by molar-refractivity contribution is 0.0535. The van der Waals surface area contributed by atoms with Crippen molar-refractivity contribution in [2.75, 3.05) is 28.3 Å². The Hall–Kier alpha value is -4.00. The molecule has 0 atom stereocenters. The van der Waals surface area contributed by atoms with Gasteiger partial charge in [0.25, 0.3) is 5.91 Å². The van der Waals surface area contributed by atoms with E-state index in [1.807, 2.05) is 36.4 Å². The van der Waals surface area contributed by atoms with Crippen LogP contribution in [0.25, 0.3) is 11.1 Å². The van der Waals surface area contributed by atoms with E-state index in [-0.39, 0.29) is 25.1 Å². The molecule has 1 amide bonds. The summed E-state index contributed by atoms with van der Waals surface area (Å²) in [7, 11) is 6.57. The van der Waals surface area contributed by atoms with E-state index in [4.69, 9.17) is 18.9 Å². The fourth-order valence-corrected chi connectivity index (χ4v) is 3.73. The predicted octanol–water partition coefficient (Wildman–Crippen LogP) is 4.32. The van der Waals surface area contributed by atoms with Crippen LogP contribution < -0.4 is 14.2 Å². The summed E-state index contributed by atoms with van der Waals surface area (Å²) in [5.41, 5.74) is 4.59. The van der Waals surface area contributed by atoms with Gasteiger partial charge in [-0.2, -0.15) is 0 Å². The van der Waals surface area contributed by atoms with Gasteiger partial charge in [-0.05, 0) is 47.5 Å². The first kappa shape index (κ1) is 22.2. The number of hydrogen-bond donors (Lipinski definition) is 0. The first-order chi connectivity index (χ1) is 15.9. The number of ether oxygens (including phenoxy) is 4. The van der Waals surface area contributed by atoms with Crippen molar-refractivity contribution in [1.82, 2.24) is 4.90 Å². The number of nitrogens with zero attached hydrogens (tertiary/aromatic N) is 1. The van der Waals surface area contributed by atoms with Crippen LogP contribution in [-0.4, -0.2) is 45.1 Å². The van der Waals surface area contributed by atoms with Crippen LogP contribution in [0.4, 0.5) is 0 Å². The maximum atomic E-state index is 12.1. The van der Waals surface area contributed by atoms with E-state index in [9.17, 15) is 9.59 Å². The van der Waals surface area contributed by atoms with Gasteiger partial charge in [0.05, 0.1) is 19.8 Å².